The third kappa shape index (κ3) is 5.87. The van der Waals surface area contributed by atoms with E-state index < -0.39 is 5.56 Å². The molecule has 0 aliphatic rings. The predicted octanol–water partition coefficient (Wildman–Crippen LogP) is 1.07. The molecular weight excluding hydrogens is 194 g/mol. The molecule has 0 amide bonds. The third-order valence-electron chi connectivity index (χ3n) is 1.22. The highest BCUT2D eigenvalue weighted by atomic mass is 16.3. The molecule has 5 nitrogen and oxygen atoms in total. The first-order valence-electron chi connectivity index (χ1n) is 4.15. The monoisotopic (exact) mass is 203 g/mol. The van der Waals surface area contributed by atoms with Crippen LogP contribution in [0.25, 0.3) is 0 Å². The molecule has 5 heteroatoms. The van der Waals surface area contributed by atoms with Crippen molar-refractivity contribution in [3.63, 3.8) is 0 Å². The number of rotatable bonds is 0. The Kier molecular flexibility index (Phi) is 5.13. The van der Waals surface area contributed by atoms with E-state index in [0.717, 1.165) is 0 Å². The fraction of sp³-hybridized carbons (Fsp3) is 0. The first-order chi connectivity index (χ1) is 7.39. The van der Waals surface area contributed by atoms with Gasteiger partial charge < -0.3 is 4.42 Å². The van der Waals surface area contributed by atoms with Crippen molar-refractivity contribution < 1.29 is 4.42 Å². The molecule has 76 valence electrons. The molecule has 0 fully saturated rings. The quantitative estimate of drug-likeness (QED) is 0.630. The van der Waals surface area contributed by atoms with Crippen LogP contribution in [-0.4, -0.2) is 15.0 Å². The number of hydrogen-bond donors (Lipinski definition) is 0. The highest BCUT2D eigenvalue weighted by molar-refractivity contribution is 4.78. The van der Waals surface area contributed by atoms with Gasteiger partial charge in [0.05, 0.1) is 6.26 Å². The largest absolute Gasteiger partial charge is 0.453 e. The van der Waals surface area contributed by atoms with Crippen LogP contribution in [0.5, 0.6) is 0 Å². The molecule has 0 aromatic carbocycles. The summed E-state index contributed by atoms with van der Waals surface area (Å²) in [6.07, 6.45) is 8.32. The smallest absolute Gasteiger partial charge is 0.272 e. The van der Waals surface area contributed by atoms with Crippen LogP contribution in [0.2, 0.25) is 0 Å². The zero-order valence-corrected chi connectivity index (χ0v) is 7.85. The maximum atomic E-state index is 11.0. The molecule has 0 aliphatic heterocycles. The van der Waals surface area contributed by atoms with Crippen molar-refractivity contribution in [3.8, 4) is 0 Å². The summed E-state index contributed by atoms with van der Waals surface area (Å²) in [4.78, 5) is 22.1. The first-order valence-corrected chi connectivity index (χ1v) is 4.15. The normalized spacial score (nSPS) is 8.27. The number of hydrogen-bond acceptors (Lipinski definition) is 5. The van der Waals surface area contributed by atoms with Gasteiger partial charge in [-0.15, -0.1) is 0 Å². The Bertz CT molecular complexity index is 418. The second-order valence-corrected chi connectivity index (χ2v) is 2.29. The molecule has 1 heterocycles. The third-order valence-corrected chi connectivity index (χ3v) is 1.22. The number of aromatic nitrogens is 3. The van der Waals surface area contributed by atoms with Crippen molar-refractivity contribution in [2.45, 2.75) is 0 Å². The van der Waals surface area contributed by atoms with Gasteiger partial charge in [-0.25, -0.2) is 9.97 Å². The fourth-order valence-electron chi connectivity index (χ4n) is 0.638. The van der Waals surface area contributed by atoms with Crippen LogP contribution in [0.3, 0.4) is 0 Å². The van der Waals surface area contributed by atoms with Crippen molar-refractivity contribution in [1.82, 2.24) is 15.0 Å². The molecule has 1 aromatic heterocycles. The second kappa shape index (κ2) is 7.14. The average Bonchev–Trinajstić information content (AvgIpc) is 2.24. The Morgan fingerprint density at radius 3 is 2.60 bits per heavy atom. The standard InChI is InChI=1S/C10H9N3O2/c14-10-3-8-15-9-12-6-1-4-11-5-2-7-13-10/h1-9H. The van der Waals surface area contributed by atoms with Crippen LogP contribution >= 0.6 is 0 Å². The summed E-state index contributed by atoms with van der Waals surface area (Å²) in [7, 11) is 0. The van der Waals surface area contributed by atoms with Gasteiger partial charge in [0.15, 0.2) is 6.39 Å². The SMILES string of the molecule is O=c1ccocncccncccn1. The predicted molar refractivity (Wildman–Crippen MR) is 53.6 cm³/mol. The lowest BCUT2D eigenvalue weighted by atomic mass is 10.7. The Morgan fingerprint density at radius 2 is 1.73 bits per heavy atom. The van der Waals surface area contributed by atoms with E-state index in [4.69, 9.17) is 4.42 Å². The Hall–Kier alpha value is -2.30. The van der Waals surface area contributed by atoms with E-state index in [1.54, 1.807) is 18.3 Å². The topological polar surface area (TPSA) is 68.9 Å². The summed E-state index contributed by atoms with van der Waals surface area (Å²) in [5.41, 5.74) is -0.412. The van der Waals surface area contributed by atoms with Crippen molar-refractivity contribution >= 4 is 0 Å². The van der Waals surface area contributed by atoms with Gasteiger partial charge >= 0.3 is 0 Å². The van der Waals surface area contributed by atoms with Crippen LogP contribution < -0.4 is 5.56 Å². The van der Waals surface area contributed by atoms with E-state index in [-0.39, 0.29) is 0 Å². The van der Waals surface area contributed by atoms with Crippen LogP contribution in [0.15, 0.2) is 64.9 Å². The van der Waals surface area contributed by atoms with Gasteiger partial charge in [0.2, 0.25) is 0 Å². The molecular formula is C10H9N3O2. The summed E-state index contributed by atoms with van der Waals surface area (Å²) in [5.74, 6) is 0. The minimum Gasteiger partial charge on any atom is -0.453 e. The average molecular weight is 203 g/mol. The van der Waals surface area contributed by atoms with Gasteiger partial charge in [0.25, 0.3) is 5.56 Å². The highest BCUT2D eigenvalue weighted by Gasteiger charge is 1.70. The molecule has 0 spiro atoms. The second-order valence-electron chi connectivity index (χ2n) is 2.29. The molecule has 1 rings (SSSR count). The molecule has 15 heavy (non-hydrogen) atoms. The van der Waals surface area contributed by atoms with Gasteiger partial charge in [-0.1, -0.05) is 0 Å². The highest BCUT2D eigenvalue weighted by Crippen LogP contribution is 1.69. The van der Waals surface area contributed by atoms with Crippen LogP contribution in [0.4, 0.5) is 0 Å². The fourth-order valence-corrected chi connectivity index (χ4v) is 0.638. The molecule has 0 saturated carbocycles. The zero-order valence-electron chi connectivity index (χ0n) is 7.85. The Morgan fingerprint density at radius 1 is 1.00 bits per heavy atom. The number of nitrogens with zero attached hydrogens (tertiary/aromatic N) is 3. The summed E-state index contributed by atoms with van der Waals surface area (Å²) in [6.45, 7) is 0. The van der Waals surface area contributed by atoms with Crippen LogP contribution in [0, 0.1) is 0 Å². The lowest BCUT2D eigenvalue weighted by Crippen LogP contribution is -1.96. The van der Waals surface area contributed by atoms with E-state index in [2.05, 4.69) is 15.0 Å². The Balaban J connectivity index is 3.17. The molecule has 0 atom stereocenters. The summed E-state index contributed by atoms with van der Waals surface area (Å²) in [5, 5.41) is 0. The van der Waals surface area contributed by atoms with Crippen molar-refractivity contribution in [2.24, 2.45) is 0 Å². The van der Waals surface area contributed by atoms with Gasteiger partial charge in [-0.2, -0.15) is 0 Å². The van der Waals surface area contributed by atoms with Crippen LogP contribution in [-0.2, 0) is 0 Å². The molecule has 0 N–H and O–H groups in total. The minimum atomic E-state index is -0.412. The van der Waals surface area contributed by atoms with Gasteiger partial charge in [-0.3, -0.25) is 9.78 Å². The van der Waals surface area contributed by atoms with Crippen molar-refractivity contribution in [1.29, 1.82) is 0 Å². The van der Waals surface area contributed by atoms with E-state index in [1.807, 2.05) is 0 Å². The van der Waals surface area contributed by atoms with E-state index in [9.17, 15) is 4.79 Å². The van der Waals surface area contributed by atoms with E-state index in [1.165, 1.54) is 37.3 Å². The maximum absolute atomic E-state index is 11.0. The molecule has 0 unspecified atom stereocenters. The molecule has 0 saturated heterocycles. The van der Waals surface area contributed by atoms with Crippen molar-refractivity contribution in [2.75, 3.05) is 0 Å². The van der Waals surface area contributed by atoms with Gasteiger partial charge in [-0.05, 0) is 12.1 Å². The van der Waals surface area contributed by atoms with Gasteiger partial charge in [0, 0.05) is 30.9 Å². The van der Waals surface area contributed by atoms with Gasteiger partial charge in [0.1, 0.15) is 0 Å². The molecule has 0 bridgehead atoms. The summed E-state index contributed by atoms with van der Waals surface area (Å²) < 4.78 is 4.77. The summed E-state index contributed by atoms with van der Waals surface area (Å²) in [6, 6.07) is 4.38. The Labute approximate surface area is 86.1 Å². The zero-order chi connectivity index (χ0) is 10.8. The first kappa shape index (κ1) is 10.8. The minimum absolute atomic E-state index is 0.412. The van der Waals surface area contributed by atoms with Crippen molar-refractivity contribution in [3.05, 3.63) is 66.0 Å². The maximum Gasteiger partial charge on any atom is 0.272 e. The lowest BCUT2D eigenvalue weighted by molar-refractivity contribution is 0.534. The molecule has 0 aliphatic carbocycles. The lowest BCUT2D eigenvalue weighted by Gasteiger charge is -1.71. The molecule has 1 aromatic rings. The van der Waals surface area contributed by atoms with E-state index in [0.29, 0.717) is 0 Å². The van der Waals surface area contributed by atoms with Crippen LogP contribution in [0.1, 0.15) is 0 Å². The molecule has 0 radical (unpaired) electrons. The van der Waals surface area contributed by atoms with E-state index >= 15 is 0 Å². The summed E-state index contributed by atoms with van der Waals surface area (Å²) >= 11 is 0.